The first kappa shape index (κ1) is 37.7. The van der Waals surface area contributed by atoms with E-state index >= 15 is 0 Å². The maximum Gasteiger partial charge on any atom is 0.287 e. The van der Waals surface area contributed by atoms with Gasteiger partial charge in [-0.15, -0.1) is 11.8 Å². The van der Waals surface area contributed by atoms with Gasteiger partial charge in [0, 0.05) is 17.0 Å². The second-order valence-electron chi connectivity index (χ2n) is 14.6. The molecule has 1 aromatic rings. The Kier molecular flexibility index (Phi) is 13.0. The average molecular weight is 660 g/mol. The average Bonchev–Trinajstić information content (AvgIpc) is 3.69. The van der Waals surface area contributed by atoms with Crippen LogP contribution in [0.2, 0.25) is 0 Å². The fraction of sp³-hybridized carbons (Fsp3) is 0.676. The van der Waals surface area contributed by atoms with Crippen LogP contribution in [0, 0.1) is 29.1 Å². The quantitative estimate of drug-likeness (QED) is 0.0775. The number of aliphatic hydroxyl groups excluding tert-OH is 1. The number of ketones is 2. The number of carbonyl (C=O) groups is 5. The molecule has 1 aliphatic heterocycles. The van der Waals surface area contributed by atoms with Crippen LogP contribution in [0.5, 0.6) is 0 Å². The zero-order valence-electron chi connectivity index (χ0n) is 28.5. The van der Waals surface area contributed by atoms with E-state index in [-0.39, 0.29) is 35.4 Å². The molecular formula is C34H53N5O6S. The van der Waals surface area contributed by atoms with E-state index < -0.39 is 53.5 Å². The fourth-order valence-electron chi connectivity index (χ4n) is 5.94. The van der Waals surface area contributed by atoms with Crippen molar-refractivity contribution in [2.75, 3.05) is 12.8 Å². The van der Waals surface area contributed by atoms with E-state index in [4.69, 9.17) is 5.73 Å². The number of nitrogens with one attached hydrogen (secondary N) is 3. The minimum absolute atomic E-state index is 0.0255. The molecule has 3 amide bonds. The third-order valence-electron chi connectivity index (χ3n) is 9.10. The van der Waals surface area contributed by atoms with Gasteiger partial charge in [0.05, 0.1) is 18.1 Å². The number of Topliss-reactive ketones (excluding diaryl/α,β-unsaturated/α-hetero) is 2. The summed E-state index contributed by atoms with van der Waals surface area (Å²) in [5.41, 5.74) is 5.10. The number of rotatable bonds is 16. The predicted molar refractivity (Wildman–Crippen MR) is 179 cm³/mol. The molecule has 1 aliphatic carbocycles. The highest BCUT2D eigenvalue weighted by Gasteiger charge is 2.46. The highest BCUT2D eigenvalue weighted by Crippen LogP contribution is 2.35. The Morgan fingerprint density at radius 3 is 2.11 bits per heavy atom. The van der Waals surface area contributed by atoms with Gasteiger partial charge in [0.15, 0.2) is 12.1 Å². The van der Waals surface area contributed by atoms with Gasteiger partial charge in [0.25, 0.3) is 5.91 Å². The molecule has 2 aliphatic rings. The number of hydrogen-bond donors (Lipinski definition) is 5. The van der Waals surface area contributed by atoms with Crippen LogP contribution in [0.3, 0.4) is 0 Å². The van der Waals surface area contributed by atoms with Gasteiger partial charge in [-0.3, -0.25) is 34.6 Å². The number of hydrogen-bond acceptors (Lipinski definition) is 9. The second kappa shape index (κ2) is 15.9. The maximum atomic E-state index is 14.3. The van der Waals surface area contributed by atoms with Crippen molar-refractivity contribution >= 4 is 41.0 Å². The van der Waals surface area contributed by atoms with Crippen molar-refractivity contribution in [1.29, 1.82) is 0 Å². The molecule has 0 aromatic heterocycles. The molecule has 1 saturated heterocycles. The van der Waals surface area contributed by atoms with Crippen molar-refractivity contribution < 1.29 is 29.1 Å². The van der Waals surface area contributed by atoms with Crippen LogP contribution in [0.25, 0.3) is 0 Å². The van der Waals surface area contributed by atoms with Gasteiger partial charge in [0.2, 0.25) is 17.6 Å². The van der Waals surface area contributed by atoms with Crippen molar-refractivity contribution in [1.82, 2.24) is 20.9 Å². The van der Waals surface area contributed by atoms with Gasteiger partial charge in [0.1, 0.15) is 6.04 Å². The Morgan fingerprint density at radius 2 is 1.63 bits per heavy atom. The molecule has 6 atom stereocenters. The van der Waals surface area contributed by atoms with Gasteiger partial charge in [-0.2, -0.15) is 0 Å². The lowest BCUT2D eigenvalue weighted by molar-refractivity contribution is -0.144. The predicted octanol–water partition coefficient (Wildman–Crippen LogP) is 2.70. The molecule has 11 nitrogen and oxygen atoms in total. The molecule has 1 saturated carbocycles. The topological polar surface area (TPSA) is 171 Å². The van der Waals surface area contributed by atoms with Crippen molar-refractivity contribution in [3.63, 3.8) is 0 Å². The van der Waals surface area contributed by atoms with Crippen LogP contribution in [-0.2, 0) is 19.2 Å². The van der Waals surface area contributed by atoms with E-state index in [1.807, 2.05) is 66.9 Å². The normalized spacial score (nSPS) is 21.2. The lowest BCUT2D eigenvalue weighted by atomic mass is 9.85. The SMILES string of the molecule is CSc1ccc(C(=O)[C@@H](NC(O)N[C@H](C(=O)N2C[C@H](C(C)C)C[C@H]2C(=O)NC(CC2CC2)C(=O)C(N)=O)C(C)(C)C)C(C)C)cc1. The van der Waals surface area contributed by atoms with Crippen molar-refractivity contribution in [2.24, 2.45) is 34.8 Å². The lowest BCUT2D eigenvalue weighted by Crippen LogP contribution is -2.63. The third kappa shape index (κ3) is 9.85. The van der Waals surface area contributed by atoms with Crippen LogP contribution in [0.4, 0.5) is 0 Å². The summed E-state index contributed by atoms with van der Waals surface area (Å²) in [5, 5.41) is 19.9. The molecule has 0 spiro atoms. The number of thioether (sulfide) groups is 1. The summed E-state index contributed by atoms with van der Waals surface area (Å²) in [6.07, 6.45) is 3.12. The first-order chi connectivity index (χ1) is 21.4. The van der Waals surface area contributed by atoms with Crippen LogP contribution in [0.15, 0.2) is 29.2 Å². The van der Waals surface area contributed by atoms with E-state index in [2.05, 4.69) is 16.0 Å². The molecule has 256 valence electrons. The van der Waals surface area contributed by atoms with E-state index in [1.165, 1.54) is 4.90 Å². The molecule has 3 rings (SSSR count). The van der Waals surface area contributed by atoms with Crippen molar-refractivity contribution in [3.8, 4) is 0 Å². The smallest absolute Gasteiger partial charge is 0.287 e. The van der Waals surface area contributed by atoms with E-state index in [0.29, 0.717) is 24.9 Å². The van der Waals surface area contributed by atoms with Crippen molar-refractivity contribution in [2.45, 2.75) is 110 Å². The zero-order chi connectivity index (χ0) is 34.5. The summed E-state index contributed by atoms with van der Waals surface area (Å²) < 4.78 is 0. The Hall–Kier alpha value is -2.80. The zero-order valence-corrected chi connectivity index (χ0v) is 29.3. The van der Waals surface area contributed by atoms with E-state index in [1.54, 1.807) is 23.9 Å². The first-order valence-electron chi connectivity index (χ1n) is 16.3. The number of benzene rings is 1. The van der Waals surface area contributed by atoms with Gasteiger partial charge >= 0.3 is 0 Å². The molecule has 46 heavy (non-hydrogen) atoms. The van der Waals surface area contributed by atoms with Gasteiger partial charge in [-0.1, -0.05) is 73.4 Å². The molecule has 2 fully saturated rings. The maximum absolute atomic E-state index is 14.3. The standard InChI is InChI=1S/C34H53N5O6S/c1-18(2)22-16-25(31(43)36-24(15-20-9-10-20)28(41)30(35)42)39(17-22)32(44)29(34(5,6)7)38-33(45)37-26(19(3)4)27(40)21-11-13-23(46-8)14-12-21/h11-14,18-20,22,24-26,29,33,37-38,45H,9-10,15-17H2,1-8H3,(H2,35,42)(H,36,43)/t22-,24?,25+,26+,29-,33?/m1/s1. The Morgan fingerprint density at radius 1 is 1.02 bits per heavy atom. The summed E-state index contributed by atoms with van der Waals surface area (Å²) in [5.74, 6) is -2.71. The highest BCUT2D eigenvalue weighted by molar-refractivity contribution is 7.98. The summed E-state index contributed by atoms with van der Waals surface area (Å²) >= 11 is 1.58. The van der Waals surface area contributed by atoms with Crippen LogP contribution < -0.4 is 21.7 Å². The molecule has 2 unspecified atom stereocenters. The molecule has 12 heteroatoms. The number of aliphatic hydroxyl groups is 1. The summed E-state index contributed by atoms with van der Waals surface area (Å²) in [7, 11) is 0. The number of carbonyl (C=O) groups excluding carboxylic acids is 5. The molecule has 0 bridgehead atoms. The minimum atomic E-state index is -1.41. The van der Waals surface area contributed by atoms with Crippen LogP contribution in [-0.4, -0.2) is 82.6 Å². The van der Waals surface area contributed by atoms with Crippen LogP contribution >= 0.6 is 11.8 Å². The first-order valence-corrected chi connectivity index (χ1v) is 17.5. The summed E-state index contributed by atoms with van der Waals surface area (Å²) in [6, 6.07) is 3.72. The molecule has 0 radical (unpaired) electrons. The second-order valence-corrected chi connectivity index (χ2v) is 15.4. The lowest BCUT2D eigenvalue weighted by Gasteiger charge is -2.38. The molecular weight excluding hydrogens is 606 g/mol. The van der Waals surface area contributed by atoms with Gasteiger partial charge in [-0.05, 0) is 60.3 Å². The number of amides is 3. The summed E-state index contributed by atoms with van der Waals surface area (Å²) in [6.45, 7) is 13.7. The largest absolute Gasteiger partial charge is 0.365 e. The van der Waals surface area contributed by atoms with E-state index in [0.717, 1.165) is 17.7 Å². The Balaban J connectivity index is 1.81. The highest BCUT2D eigenvalue weighted by atomic mass is 32.2. The number of likely N-dealkylation sites (tertiary alicyclic amines) is 1. The molecule has 6 N–H and O–H groups in total. The molecule has 1 aromatic carbocycles. The number of nitrogens with zero attached hydrogens (tertiary/aromatic N) is 1. The summed E-state index contributed by atoms with van der Waals surface area (Å²) in [4.78, 5) is 68.3. The van der Waals surface area contributed by atoms with Crippen LogP contribution in [0.1, 0.15) is 84.5 Å². The number of nitrogens with two attached hydrogens (primary N) is 1. The monoisotopic (exact) mass is 659 g/mol. The molecule has 1 heterocycles. The van der Waals surface area contributed by atoms with Gasteiger partial charge in [-0.25, -0.2) is 0 Å². The Bertz CT molecular complexity index is 1260. The fourth-order valence-corrected chi connectivity index (χ4v) is 6.35. The van der Waals surface area contributed by atoms with Crippen molar-refractivity contribution in [3.05, 3.63) is 29.8 Å². The van der Waals surface area contributed by atoms with E-state index in [9.17, 15) is 29.1 Å². The number of primary amides is 1. The Labute approximate surface area is 277 Å². The van der Waals surface area contributed by atoms with Gasteiger partial charge < -0.3 is 21.1 Å². The minimum Gasteiger partial charge on any atom is -0.365 e. The third-order valence-corrected chi connectivity index (χ3v) is 9.85.